The van der Waals surface area contributed by atoms with E-state index in [4.69, 9.17) is 9.15 Å². The molecule has 3 aromatic carbocycles. The number of nitrogens with zero attached hydrogens (tertiary/aromatic N) is 2. The molecule has 0 aliphatic carbocycles. The lowest BCUT2D eigenvalue weighted by Crippen LogP contribution is -2.14. The first-order valence-electron chi connectivity index (χ1n) is 9.93. The molecule has 0 spiro atoms. The Morgan fingerprint density at radius 3 is 2.47 bits per heavy atom. The standard InChI is InChI=1S/C24H21FN2O3/c1-29-17-9-7-16(8-10-17)15-27-21-12-11-20-22(23(21)30-24(27)28)18-5-2-3-6-19(18)26(20)14-4-13-25/h2-3,5-12H,4,13-15H2,1H3. The van der Waals surface area contributed by atoms with Gasteiger partial charge in [0.25, 0.3) is 0 Å². The van der Waals surface area contributed by atoms with Crippen molar-refractivity contribution in [2.45, 2.75) is 19.5 Å². The molecule has 0 unspecified atom stereocenters. The molecule has 5 rings (SSSR count). The number of benzene rings is 3. The van der Waals surface area contributed by atoms with Crippen molar-refractivity contribution in [3.05, 3.63) is 76.8 Å². The van der Waals surface area contributed by atoms with Crippen molar-refractivity contribution in [1.82, 2.24) is 9.13 Å². The van der Waals surface area contributed by atoms with Crippen LogP contribution in [0.1, 0.15) is 12.0 Å². The number of methoxy groups -OCH3 is 1. The summed E-state index contributed by atoms with van der Waals surface area (Å²) < 4.78 is 27.6. The number of fused-ring (bicyclic) bond motifs is 5. The lowest BCUT2D eigenvalue weighted by atomic mass is 10.1. The molecular formula is C24H21FN2O3. The Labute approximate surface area is 171 Å². The first kappa shape index (κ1) is 18.5. The summed E-state index contributed by atoms with van der Waals surface area (Å²) >= 11 is 0. The van der Waals surface area contributed by atoms with Crippen LogP contribution in [0.25, 0.3) is 32.9 Å². The Kier molecular flexibility index (Phi) is 4.54. The minimum absolute atomic E-state index is 0.371. The number of halogens is 1. The van der Waals surface area contributed by atoms with E-state index in [1.54, 1.807) is 11.7 Å². The van der Waals surface area contributed by atoms with Crippen LogP contribution in [0.15, 0.2) is 69.9 Å². The predicted octanol–water partition coefficient (Wildman–Crippen LogP) is 5.12. The lowest BCUT2D eigenvalue weighted by Gasteiger charge is -2.06. The molecule has 2 aromatic heterocycles. The third-order valence-corrected chi connectivity index (χ3v) is 5.59. The van der Waals surface area contributed by atoms with Gasteiger partial charge in [0, 0.05) is 17.4 Å². The SMILES string of the molecule is COc1ccc(Cn2c(=O)oc3c4c5ccccc5n(CCCF)c4ccc32)cc1. The van der Waals surface area contributed by atoms with E-state index in [2.05, 4.69) is 4.57 Å². The maximum Gasteiger partial charge on any atom is 0.420 e. The molecule has 0 radical (unpaired) electrons. The average Bonchev–Trinajstić information content (AvgIpc) is 3.27. The van der Waals surface area contributed by atoms with Crippen molar-refractivity contribution in [1.29, 1.82) is 0 Å². The van der Waals surface area contributed by atoms with Crippen LogP contribution in [0.2, 0.25) is 0 Å². The Morgan fingerprint density at radius 1 is 0.933 bits per heavy atom. The number of oxazole rings is 1. The number of hydrogen-bond acceptors (Lipinski definition) is 3. The third-order valence-electron chi connectivity index (χ3n) is 5.59. The molecule has 0 fully saturated rings. The molecule has 0 bridgehead atoms. The number of aryl methyl sites for hydroxylation is 1. The fraction of sp³-hybridized carbons (Fsp3) is 0.208. The van der Waals surface area contributed by atoms with E-state index in [0.29, 0.717) is 25.1 Å². The zero-order chi connectivity index (χ0) is 20.7. The van der Waals surface area contributed by atoms with E-state index in [9.17, 15) is 9.18 Å². The minimum Gasteiger partial charge on any atom is -0.497 e. The summed E-state index contributed by atoms with van der Waals surface area (Å²) in [5, 5.41) is 1.90. The molecule has 6 heteroatoms. The van der Waals surface area contributed by atoms with Crippen LogP contribution in [0, 0.1) is 0 Å². The fourth-order valence-corrected chi connectivity index (χ4v) is 4.18. The van der Waals surface area contributed by atoms with Gasteiger partial charge < -0.3 is 13.7 Å². The van der Waals surface area contributed by atoms with Gasteiger partial charge in [0.1, 0.15) is 5.75 Å². The van der Waals surface area contributed by atoms with Crippen molar-refractivity contribution in [3.8, 4) is 5.75 Å². The van der Waals surface area contributed by atoms with E-state index in [-0.39, 0.29) is 6.67 Å². The highest BCUT2D eigenvalue weighted by Gasteiger charge is 2.18. The summed E-state index contributed by atoms with van der Waals surface area (Å²) in [4.78, 5) is 12.7. The van der Waals surface area contributed by atoms with Crippen LogP contribution in [0.5, 0.6) is 5.75 Å². The van der Waals surface area contributed by atoms with Crippen LogP contribution in [0.3, 0.4) is 0 Å². The maximum absolute atomic E-state index is 12.9. The first-order chi connectivity index (χ1) is 14.7. The topological polar surface area (TPSA) is 49.3 Å². The van der Waals surface area contributed by atoms with Crippen molar-refractivity contribution < 1.29 is 13.5 Å². The Bertz CT molecular complexity index is 1410. The van der Waals surface area contributed by atoms with Crippen molar-refractivity contribution in [3.63, 3.8) is 0 Å². The van der Waals surface area contributed by atoms with Gasteiger partial charge in [0.2, 0.25) is 0 Å². The monoisotopic (exact) mass is 404 g/mol. The molecule has 0 saturated heterocycles. The number of rotatable bonds is 6. The fourth-order valence-electron chi connectivity index (χ4n) is 4.18. The minimum atomic E-state index is -0.395. The van der Waals surface area contributed by atoms with Gasteiger partial charge in [-0.25, -0.2) is 4.79 Å². The summed E-state index contributed by atoms with van der Waals surface area (Å²) in [5.41, 5.74) is 4.26. The maximum atomic E-state index is 12.9. The second-order valence-corrected chi connectivity index (χ2v) is 7.32. The number of para-hydroxylation sites is 1. The van der Waals surface area contributed by atoms with Gasteiger partial charge in [0.15, 0.2) is 5.58 Å². The average molecular weight is 404 g/mol. The molecule has 152 valence electrons. The summed E-state index contributed by atoms with van der Waals surface area (Å²) in [6, 6.07) is 19.5. The van der Waals surface area contributed by atoms with Gasteiger partial charge in [-0.15, -0.1) is 0 Å². The van der Waals surface area contributed by atoms with Crippen LogP contribution in [0.4, 0.5) is 4.39 Å². The van der Waals surface area contributed by atoms with Gasteiger partial charge in [-0.1, -0.05) is 30.3 Å². The number of aromatic nitrogens is 2. The molecule has 0 amide bonds. The van der Waals surface area contributed by atoms with E-state index in [1.807, 2.05) is 60.7 Å². The van der Waals surface area contributed by atoms with Gasteiger partial charge in [-0.2, -0.15) is 0 Å². The van der Waals surface area contributed by atoms with Crippen LogP contribution < -0.4 is 10.5 Å². The van der Waals surface area contributed by atoms with Crippen LogP contribution in [-0.4, -0.2) is 22.9 Å². The van der Waals surface area contributed by atoms with Gasteiger partial charge >= 0.3 is 5.76 Å². The largest absolute Gasteiger partial charge is 0.497 e. The highest BCUT2D eigenvalue weighted by atomic mass is 19.1. The van der Waals surface area contributed by atoms with E-state index < -0.39 is 5.76 Å². The lowest BCUT2D eigenvalue weighted by molar-refractivity contribution is 0.414. The normalized spacial score (nSPS) is 11.7. The molecule has 2 heterocycles. The van der Waals surface area contributed by atoms with E-state index >= 15 is 0 Å². The molecule has 5 nitrogen and oxygen atoms in total. The Balaban J connectivity index is 1.71. The molecule has 5 aromatic rings. The highest BCUT2D eigenvalue weighted by molar-refractivity contribution is 6.18. The van der Waals surface area contributed by atoms with E-state index in [0.717, 1.165) is 38.6 Å². The first-order valence-corrected chi connectivity index (χ1v) is 9.93. The second-order valence-electron chi connectivity index (χ2n) is 7.32. The summed E-state index contributed by atoms with van der Waals surface area (Å²) in [7, 11) is 1.62. The van der Waals surface area contributed by atoms with Crippen molar-refractivity contribution in [2.75, 3.05) is 13.8 Å². The quantitative estimate of drug-likeness (QED) is 0.395. The molecular weight excluding hydrogens is 383 g/mol. The summed E-state index contributed by atoms with van der Waals surface area (Å²) in [5.74, 6) is 0.375. The van der Waals surface area contributed by atoms with Crippen molar-refractivity contribution >= 4 is 32.9 Å². The molecule has 0 aliphatic heterocycles. The molecule has 0 N–H and O–H groups in total. The second kappa shape index (κ2) is 7.37. The Morgan fingerprint density at radius 2 is 1.70 bits per heavy atom. The smallest absolute Gasteiger partial charge is 0.420 e. The number of hydrogen-bond donors (Lipinski definition) is 0. The predicted molar refractivity (Wildman–Crippen MR) is 116 cm³/mol. The van der Waals surface area contributed by atoms with Crippen LogP contribution in [-0.2, 0) is 13.1 Å². The zero-order valence-corrected chi connectivity index (χ0v) is 16.6. The molecule has 0 atom stereocenters. The highest BCUT2D eigenvalue weighted by Crippen LogP contribution is 2.34. The van der Waals surface area contributed by atoms with E-state index in [1.165, 1.54) is 0 Å². The molecule has 0 aliphatic rings. The molecule has 0 saturated carbocycles. The summed E-state index contributed by atoms with van der Waals surface area (Å²) in [6.07, 6.45) is 0.439. The van der Waals surface area contributed by atoms with Gasteiger partial charge in [-0.05, 0) is 42.3 Å². The summed E-state index contributed by atoms with van der Waals surface area (Å²) in [6.45, 7) is 0.605. The zero-order valence-electron chi connectivity index (χ0n) is 16.6. The number of alkyl halides is 1. The van der Waals surface area contributed by atoms with Crippen molar-refractivity contribution in [2.24, 2.45) is 0 Å². The van der Waals surface area contributed by atoms with Gasteiger partial charge in [-0.3, -0.25) is 8.96 Å². The van der Waals surface area contributed by atoms with Crippen LogP contribution >= 0.6 is 0 Å². The Hall–Kier alpha value is -3.54. The number of ether oxygens (including phenoxy) is 1. The third kappa shape index (κ3) is 2.87. The van der Waals surface area contributed by atoms with Gasteiger partial charge in [0.05, 0.1) is 36.7 Å². The molecule has 30 heavy (non-hydrogen) atoms.